The summed E-state index contributed by atoms with van der Waals surface area (Å²) in [5.74, 6) is 3.00. The van der Waals surface area contributed by atoms with E-state index in [1.807, 2.05) is 35.1 Å². The van der Waals surface area contributed by atoms with Crippen LogP contribution in [0.2, 0.25) is 0 Å². The molecule has 0 aliphatic rings. The van der Waals surface area contributed by atoms with Crippen LogP contribution in [0.5, 0.6) is 0 Å². The summed E-state index contributed by atoms with van der Waals surface area (Å²) in [5.41, 5.74) is 0. The molecule has 0 radical (unpaired) electrons. The zero-order chi connectivity index (χ0) is 14.7. The number of rotatable bonds is 6. The van der Waals surface area contributed by atoms with Crippen LogP contribution < -0.4 is 0 Å². The Bertz CT molecular complexity index is 730. The molecule has 0 atom stereocenters. The van der Waals surface area contributed by atoms with Crippen LogP contribution >= 0.6 is 23.1 Å². The fraction of sp³-hybridized carbons (Fsp3) is 0.214. The molecule has 0 saturated heterocycles. The first kappa shape index (κ1) is 14.1. The molecule has 0 bridgehead atoms. The van der Waals surface area contributed by atoms with Crippen LogP contribution in [0.25, 0.3) is 10.6 Å². The summed E-state index contributed by atoms with van der Waals surface area (Å²) in [7, 11) is 0. The van der Waals surface area contributed by atoms with E-state index in [0.29, 0.717) is 18.2 Å². The fourth-order valence-electron chi connectivity index (χ4n) is 1.84. The number of oxazole rings is 1. The first-order valence-electron chi connectivity index (χ1n) is 6.40. The molecule has 3 aromatic heterocycles. The molecule has 0 spiro atoms. The molecule has 0 N–H and O–H groups in total. The summed E-state index contributed by atoms with van der Waals surface area (Å²) in [6, 6.07) is 4.02. The van der Waals surface area contributed by atoms with E-state index < -0.39 is 0 Å². The van der Waals surface area contributed by atoms with Gasteiger partial charge in [0.2, 0.25) is 5.89 Å². The standard InChI is InChI=1S/C14H14N4OS2/c1-3-6-18-10(2)16-17-14(18)21-9-13-15-8-11(19-13)12-5-4-7-20-12/h3-5,7-8H,1,6,9H2,2H3. The average Bonchev–Trinajstić information content (AvgIpc) is 3.19. The Balaban J connectivity index is 1.69. The highest BCUT2D eigenvalue weighted by Gasteiger charge is 2.11. The monoisotopic (exact) mass is 318 g/mol. The predicted molar refractivity (Wildman–Crippen MR) is 84.3 cm³/mol. The summed E-state index contributed by atoms with van der Waals surface area (Å²) in [4.78, 5) is 5.40. The highest BCUT2D eigenvalue weighted by atomic mass is 32.2. The topological polar surface area (TPSA) is 56.7 Å². The number of hydrogen-bond donors (Lipinski definition) is 0. The maximum atomic E-state index is 5.76. The molecule has 5 nitrogen and oxygen atoms in total. The largest absolute Gasteiger partial charge is 0.439 e. The Kier molecular flexibility index (Phi) is 4.21. The molecular formula is C14H14N4OS2. The SMILES string of the molecule is C=CCn1c(C)nnc1SCc1ncc(-c2cccs2)o1. The first-order valence-corrected chi connectivity index (χ1v) is 8.26. The normalized spacial score (nSPS) is 10.9. The van der Waals surface area contributed by atoms with E-state index in [1.54, 1.807) is 29.3 Å². The van der Waals surface area contributed by atoms with Gasteiger partial charge < -0.3 is 8.98 Å². The molecule has 0 aliphatic carbocycles. The highest BCUT2D eigenvalue weighted by Crippen LogP contribution is 2.27. The molecular weight excluding hydrogens is 304 g/mol. The summed E-state index contributed by atoms with van der Waals surface area (Å²) in [5, 5.41) is 11.1. The Morgan fingerprint density at radius 1 is 1.48 bits per heavy atom. The van der Waals surface area contributed by atoms with E-state index in [-0.39, 0.29) is 0 Å². The molecule has 0 fully saturated rings. The smallest absolute Gasteiger partial charge is 0.205 e. The number of aromatic nitrogens is 4. The van der Waals surface area contributed by atoms with E-state index >= 15 is 0 Å². The second-order valence-corrected chi connectivity index (χ2v) is 6.20. The summed E-state index contributed by atoms with van der Waals surface area (Å²) in [6.45, 7) is 6.39. The number of allylic oxidation sites excluding steroid dienone is 1. The quantitative estimate of drug-likeness (QED) is 0.511. The lowest BCUT2D eigenvalue weighted by Gasteiger charge is -2.03. The lowest BCUT2D eigenvalue weighted by molar-refractivity contribution is 0.530. The van der Waals surface area contributed by atoms with Crippen LogP contribution in [0.1, 0.15) is 11.7 Å². The summed E-state index contributed by atoms with van der Waals surface area (Å²) < 4.78 is 7.77. The first-order chi connectivity index (χ1) is 10.3. The van der Waals surface area contributed by atoms with Crippen molar-refractivity contribution in [3.8, 4) is 10.6 Å². The third-order valence-electron chi connectivity index (χ3n) is 2.86. The molecule has 21 heavy (non-hydrogen) atoms. The van der Waals surface area contributed by atoms with Crippen LogP contribution in [-0.4, -0.2) is 19.7 Å². The molecule has 3 aromatic rings. The highest BCUT2D eigenvalue weighted by molar-refractivity contribution is 7.98. The van der Waals surface area contributed by atoms with Gasteiger partial charge in [-0.15, -0.1) is 28.1 Å². The van der Waals surface area contributed by atoms with E-state index in [0.717, 1.165) is 21.6 Å². The molecule has 0 aliphatic heterocycles. The molecule has 0 amide bonds. The third-order valence-corrected chi connectivity index (χ3v) is 4.69. The van der Waals surface area contributed by atoms with Gasteiger partial charge in [0.15, 0.2) is 10.9 Å². The van der Waals surface area contributed by atoms with E-state index in [4.69, 9.17) is 4.42 Å². The van der Waals surface area contributed by atoms with Crippen molar-refractivity contribution in [2.45, 2.75) is 24.4 Å². The Morgan fingerprint density at radius 2 is 2.38 bits per heavy atom. The second kappa shape index (κ2) is 6.28. The van der Waals surface area contributed by atoms with Crippen molar-refractivity contribution in [2.24, 2.45) is 0 Å². The van der Waals surface area contributed by atoms with Gasteiger partial charge in [-0.1, -0.05) is 23.9 Å². The molecule has 3 rings (SSSR count). The maximum absolute atomic E-state index is 5.76. The van der Waals surface area contributed by atoms with Crippen LogP contribution in [0, 0.1) is 6.92 Å². The van der Waals surface area contributed by atoms with E-state index in [2.05, 4.69) is 21.8 Å². The van der Waals surface area contributed by atoms with Crippen molar-refractivity contribution >= 4 is 23.1 Å². The zero-order valence-corrected chi connectivity index (χ0v) is 13.2. The molecule has 0 unspecified atom stereocenters. The van der Waals surface area contributed by atoms with Crippen molar-refractivity contribution in [3.63, 3.8) is 0 Å². The summed E-state index contributed by atoms with van der Waals surface area (Å²) in [6.07, 6.45) is 3.60. The third kappa shape index (κ3) is 3.08. The van der Waals surface area contributed by atoms with Crippen molar-refractivity contribution < 1.29 is 4.42 Å². The van der Waals surface area contributed by atoms with Gasteiger partial charge >= 0.3 is 0 Å². The van der Waals surface area contributed by atoms with Gasteiger partial charge in [0.05, 0.1) is 16.8 Å². The maximum Gasteiger partial charge on any atom is 0.205 e. The number of nitrogens with zero attached hydrogens (tertiary/aromatic N) is 4. The number of hydrogen-bond acceptors (Lipinski definition) is 6. The minimum atomic E-state index is 0.626. The Morgan fingerprint density at radius 3 is 3.14 bits per heavy atom. The summed E-state index contributed by atoms with van der Waals surface area (Å²) >= 11 is 3.20. The van der Waals surface area contributed by atoms with Crippen molar-refractivity contribution in [3.05, 3.63) is 48.1 Å². The number of thiophene rings is 1. The second-order valence-electron chi connectivity index (χ2n) is 4.31. The Hall–Kier alpha value is -1.86. The van der Waals surface area contributed by atoms with Crippen molar-refractivity contribution in [1.82, 2.24) is 19.7 Å². The molecule has 108 valence electrons. The van der Waals surface area contributed by atoms with Gasteiger partial charge in [-0.25, -0.2) is 4.98 Å². The molecule has 0 saturated carbocycles. The molecule has 3 heterocycles. The fourth-order valence-corrected chi connectivity index (χ4v) is 3.36. The van der Waals surface area contributed by atoms with Gasteiger partial charge in [0, 0.05) is 6.54 Å². The minimum absolute atomic E-state index is 0.626. The lowest BCUT2D eigenvalue weighted by Crippen LogP contribution is -2.00. The molecule has 7 heteroatoms. The zero-order valence-electron chi connectivity index (χ0n) is 11.5. The van der Waals surface area contributed by atoms with Gasteiger partial charge in [-0.05, 0) is 18.4 Å². The van der Waals surface area contributed by atoms with E-state index in [9.17, 15) is 0 Å². The van der Waals surface area contributed by atoms with Crippen molar-refractivity contribution in [1.29, 1.82) is 0 Å². The van der Waals surface area contributed by atoms with Gasteiger partial charge in [-0.3, -0.25) is 0 Å². The van der Waals surface area contributed by atoms with Crippen molar-refractivity contribution in [2.75, 3.05) is 0 Å². The van der Waals surface area contributed by atoms with Gasteiger partial charge in [0.1, 0.15) is 5.82 Å². The minimum Gasteiger partial charge on any atom is -0.439 e. The predicted octanol–water partition coefficient (Wildman–Crippen LogP) is 3.78. The van der Waals surface area contributed by atoms with Crippen LogP contribution in [0.15, 0.2) is 45.9 Å². The lowest BCUT2D eigenvalue weighted by atomic mass is 10.4. The molecule has 0 aromatic carbocycles. The van der Waals surface area contributed by atoms with Crippen LogP contribution in [-0.2, 0) is 12.3 Å². The van der Waals surface area contributed by atoms with Crippen LogP contribution in [0.4, 0.5) is 0 Å². The Labute approximate surface area is 130 Å². The van der Waals surface area contributed by atoms with Gasteiger partial charge in [-0.2, -0.15) is 0 Å². The number of thioether (sulfide) groups is 1. The van der Waals surface area contributed by atoms with Gasteiger partial charge in [0.25, 0.3) is 0 Å². The average molecular weight is 318 g/mol. The van der Waals surface area contributed by atoms with Crippen LogP contribution in [0.3, 0.4) is 0 Å². The van der Waals surface area contributed by atoms with E-state index in [1.165, 1.54) is 0 Å². The number of aryl methyl sites for hydroxylation is 1.